The molecule has 3 N–H and O–H groups in total. The molecule has 2 heterocycles. The van der Waals surface area contributed by atoms with Crippen molar-refractivity contribution in [1.29, 1.82) is 0 Å². The summed E-state index contributed by atoms with van der Waals surface area (Å²) in [7, 11) is -4.01. The highest BCUT2D eigenvalue weighted by molar-refractivity contribution is 7.90. The van der Waals surface area contributed by atoms with Crippen LogP contribution in [-0.4, -0.2) is 43.6 Å². The smallest absolute Gasteiger partial charge is 0.264 e. The van der Waals surface area contributed by atoms with Crippen molar-refractivity contribution >= 4 is 15.9 Å². The molecule has 0 saturated carbocycles. The lowest BCUT2D eigenvalue weighted by Gasteiger charge is -2.27. The largest absolute Gasteiger partial charge is 0.489 e. The van der Waals surface area contributed by atoms with E-state index < -0.39 is 22.0 Å². The van der Waals surface area contributed by atoms with Crippen molar-refractivity contribution in [2.75, 3.05) is 13.1 Å². The van der Waals surface area contributed by atoms with Crippen LogP contribution in [0.4, 0.5) is 0 Å². The Morgan fingerprint density at radius 1 is 1.05 bits per heavy atom. The standard InChI is InChI=1S/C31H31N3O5S/c1-21-4-6-23(7-5-21)31(36)34-40(37,38)28-13-9-22(10-14-28)24-11-15-30-25(17-24)8-12-27(39-30)19-33-20-29(35)26-3-2-16-32-18-26/h2-7,9-11,13-18,27,29,33,35H,8,12,19-20H2,1H3,(H,34,36). The summed E-state index contributed by atoms with van der Waals surface area (Å²) in [6, 6.07) is 22.8. The van der Waals surface area contributed by atoms with E-state index in [2.05, 4.69) is 21.1 Å². The number of carbonyl (C=O) groups excluding carboxylic acids is 1. The van der Waals surface area contributed by atoms with Gasteiger partial charge in [0.1, 0.15) is 11.9 Å². The van der Waals surface area contributed by atoms with Crippen molar-refractivity contribution in [1.82, 2.24) is 15.0 Å². The van der Waals surface area contributed by atoms with Crippen molar-refractivity contribution < 1.29 is 23.1 Å². The predicted molar refractivity (Wildman–Crippen MR) is 153 cm³/mol. The molecule has 2 atom stereocenters. The fourth-order valence-corrected chi connectivity index (χ4v) is 5.59. The number of amides is 1. The Bertz CT molecular complexity index is 1570. The number of fused-ring (bicyclic) bond motifs is 1. The molecular formula is C31H31N3O5S. The Hall–Kier alpha value is -4.05. The van der Waals surface area contributed by atoms with Gasteiger partial charge in [-0.3, -0.25) is 9.78 Å². The van der Waals surface area contributed by atoms with E-state index in [1.54, 1.807) is 54.9 Å². The lowest BCUT2D eigenvalue weighted by atomic mass is 9.97. The zero-order valence-electron chi connectivity index (χ0n) is 22.1. The van der Waals surface area contributed by atoms with E-state index in [4.69, 9.17) is 4.74 Å². The molecule has 3 aromatic carbocycles. The highest BCUT2D eigenvalue weighted by Crippen LogP contribution is 2.32. The fraction of sp³-hybridized carbons (Fsp3) is 0.226. The number of aliphatic hydroxyl groups excluding tert-OH is 1. The molecule has 4 aromatic rings. The lowest BCUT2D eigenvalue weighted by molar-refractivity contribution is 0.0981. The van der Waals surface area contributed by atoms with Gasteiger partial charge in [0.25, 0.3) is 15.9 Å². The molecule has 206 valence electrons. The second kappa shape index (κ2) is 12.0. The number of ether oxygens (including phenoxy) is 1. The van der Waals surface area contributed by atoms with Crippen LogP contribution in [0.15, 0.2) is 96.2 Å². The fourth-order valence-electron chi connectivity index (χ4n) is 4.61. The van der Waals surface area contributed by atoms with E-state index in [1.807, 2.05) is 25.1 Å². The first-order chi connectivity index (χ1) is 19.3. The molecule has 0 aliphatic carbocycles. The van der Waals surface area contributed by atoms with E-state index in [9.17, 15) is 18.3 Å². The third-order valence-electron chi connectivity index (χ3n) is 6.91. The van der Waals surface area contributed by atoms with Crippen LogP contribution in [-0.2, 0) is 16.4 Å². The molecule has 40 heavy (non-hydrogen) atoms. The number of sulfonamides is 1. The maximum Gasteiger partial charge on any atom is 0.264 e. The molecule has 9 heteroatoms. The van der Waals surface area contributed by atoms with Crippen molar-refractivity contribution in [3.63, 3.8) is 0 Å². The van der Waals surface area contributed by atoms with Crippen molar-refractivity contribution in [2.24, 2.45) is 0 Å². The summed E-state index contributed by atoms with van der Waals surface area (Å²) < 4.78 is 33.8. The van der Waals surface area contributed by atoms with Crippen LogP contribution in [0.3, 0.4) is 0 Å². The van der Waals surface area contributed by atoms with Crippen LogP contribution in [0.25, 0.3) is 11.1 Å². The minimum absolute atomic E-state index is 0.000872. The summed E-state index contributed by atoms with van der Waals surface area (Å²) in [6.45, 7) is 2.93. The number of hydrogen-bond acceptors (Lipinski definition) is 7. The predicted octanol–water partition coefficient (Wildman–Crippen LogP) is 4.19. The number of nitrogens with zero attached hydrogens (tertiary/aromatic N) is 1. The molecule has 0 radical (unpaired) electrons. The van der Waals surface area contributed by atoms with Crippen LogP contribution in [0.1, 0.15) is 39.6 Å². The monoisotopic (exact) mass is 557 g/mol. The highest BCUT2D eigenvalue weighted by atomic mass is 32.2. The van der Waals surface area contributed by atoms with E-state index in [-0.39, 0.29) is 16.6 Å². The Morgan fingerprint density at radius 2 is 1.80 bits per heavy atom. The van der Waals surface area contributed by atoms with E-state index in [1.165, 1.54) is 12.1 Å². The van der Waals surface area contributed by atoms with Gasteiger partial charge in [-0.15, -0.1) is 0 Å². The summed E-state index contributed by atoms with van der Waals surface area (Å²) in [5, 5.41) is 13.6. The Balaban J connectivity index is 1.18. The number of nitrogens with one attached hydrogen (secondary N) is 2. The molecule has 1 aliphatic heterocycles. The van der Waals surface area contributed by atoms with Gasteiger partial charge in [-0.1, -0.05) is 42.0 Å². The highest BCUT2D eigenvalue weighted by Gasteiger charge is 2.22. The number of hydrogen-bond donors (Lipinski definition) is 3. The van der Waals surface area contributed by atoms with Gasteiger partial charge in [0, 0.05) is 36.6 Å². The van der Waals surface area contributed by atoms with Crippen LogP contribution in [0.5, 0.6) is 5.75 Å². The van der Waals surface area contributed by atoms with Crippen LogP contribution in [0, 0.1) is 6.92 Å². The number of carbonyl (C=O) groups is 1. The van der Waals surface area contributed by atoms with E-state index in [0.717, 1.165) is 46.4 Å². The molecule has 0 bridgehead atoms. The summed E-state index contributed by atoms with van der Waals surface area (Å²) in [5.74, 6) is 0.157. The van der Waals surface area contributed by atoms with Gasteiger partial charge in [-0.05, 0) is 78.9 Å². The summed E-state index contributed by atoms with van der Waals surface area (Å²) in [5.41, 5.74) is 4.93. The zero-order chi connectivity index (χ0) is 28.1. The van der Waals surface area contributed by atoms with Crippen LogP contribution >= 0.6 is 0 Å². The van der Waals surface area contributed by atoms with Gasteiger partial charge in [0.15, 0.2) is 0 Å². The van der Waals surface area contributed by atoms with Gasteiger partial charge in [-0.2, -0.15) is 0 Å². The third kappa shape index (κ3) is 6.56. The average molecular weight is 558 g/mol. The maximum absolute atomic E-state index is 12.8. The molecule has 0 fully saturated rings. The maximum atomic E-state index is 12.8. The number of rotatable bonds is 9. The van der Waals surface area contributed by atoms with Gasteiger partial charge in [0.05, 0.1) is 11.0 Å². The molecule has 0 saturated heterocycles. The molecule has 1 aromatic heterocycles. The number of aromatic nitrogens is 1. The van der Waals surface area contributed by atoms with Crippen LogP contribution < -0.4 is 14.8 Å². The molecule has 5 rings (SSSR count). The quantitative estimate of drug-likeness (QED) is 0.282. The lowest BCUT2D eigenvalue weighted by Crippen LogP contribution is -2.36. The Morgan fingerprint density at radius 3 is 2.52 bits per heavy atom. The number of aliphatic hydroxyl groups is 1. The molecule has 2 unspecified atom stereocenters. The SMILES string of the molecule is Cc1ccc(C(=O)NS(=O)(=O)c2ccc(-c3ccc4c(c3)CCC(CNCC(O)c3cccnc3)O4)cc2)cc1. The summed E-state index contributed by atoms with van der Waals surface area (Å²) in [4.78, 5) is 16.5. The van der Waals surface area contributed by atoms with Gasteiger partial charge >= 0.3 is 0 Å². The molecule has 8 nitrogen and oxygen atoms in total. The Kier molecular flexibility index (Phi) is 8.25. The summed E-state index contributed by atoms with van der Waals surface area (Å²) >= 11 is 0. The molecule has 0 spiro atoms. The Labute approximate surface area is 234 Å². The van der Waals surface area contributed by atoms with Crippen LogP contribution in [0.2, 0.25) is 0 Å². The first-order valence-corrected chi connectivity index (χ1v) is 14.6. The summed E-state index contributed by atoms with van der Waals surface area (Å²) in [6.07, 6.45) is 4.39. The van der Waals surface area contributed by atoms with Crippen molar-refractivity contribution in [2.45, 2.75) is 36.9 Å². The first kappa shape index (κ1) is 27.5. The molecule has 1 amide bonds. The number of pyridine rings is 1. The number of aryl methyl sites for hydroxylation is 2. The van der Waals surface area contributed by atoms with Crippen molar-refractivity contribution in [3.05, 3.63) is 114 Å². The minimum Gasteiger partial charge on any atom is -0.489 e. The van der Waals surface area contributed by atoms with Gasteiger partial charge in [-0.25, -0.2) is 13.1 Å². The van der Waals surface area contributed by atoms with E-state index >= 15 is 0 Å². The third-order valence-corrected chi connectivity index (χ3v) is 8.25. The molecular weight excluding hydrogens is 526 g/mol. The number of benzene rings is 3. The second-order valence-electron chi connectivity index (χ2n) is 9.89. The van der Waals surface area contributed by atoms with Gasteiger partial charge < -0.3 is 15.2 Å². The second-order valence-corrected chi connectivity index (χ2v) is 11.6. The minimum atomic E-state index is -4.01. The zero-order valence-corrected chi connectivity index (χ0v) is 22.9. The normalized spacial score (nSPS) is 15.5. The van der Waals surface area contributed by atoms with Gasteiger partial charge in [0.2, 0.25) is 0 Å². The van der Waals surface area contributed by atoms with E-state index in [0.29, 0.717) is 13.1 Å². The molecule has 1 aliphatic rings. The topological polar surface area (TPSA) is 118 Å². The van der Waals surface area contributed by atoms with Crippen molar-refractivity contribution in [3.8, 4) is 16.9 Å². The first-order valence-electron chi connectivity index (χ1n) is 13.1. The average Bonchev–Trinajstić information content (AvgIpc) is 2.97.